The van der Waals surface area contributed by atoms with Crippen molar-refractivity contribution in [1.29, 1.82) is 0 Å². The second-order valence-corrected chi connectivity index (χ2v) is 4.53. The highest BCUT2D eigenvalue weighted by molar-refractivity contribution is 5.85. The van der Waals surface area contributed by atoms with Gasteiger partial charge >= 0.3 is 0 Å². The Kier molecular flexibility index (Phi) is 1.78. The van der Waals surface area contributed by atoms with Crippen LogP contribution in [0.2, 0.25) is 0 Å². The van der Waals surface area contributed by atoms with E-state index in [-0.39, 0.29) is 0 Å². The van der Waals surface area contributed by atoms with Crippen LogP contribution in [0.15, 0.2) is 18.2 Å². The van der Waals surface area contributed by atoms with E-state index >= 15 is 0 Å². The molecule has 0 saturated heterocycles. The number of benzene rings is 1. The third-order valence-electron chi connectivity index (χ3n) is 3.24. The molecule has 0 bridgehead atoms. The van der Waals surface area contributed by atoms with Gasteiger partial charge < -0.3 is 11.6 Å². The summed E-state index contributed by atoms with van der Waals surface area (Å²) in [5.74, 6) is 6.65. The number of nitrogen functional groups attached to an aromatic ring is 2. The second-order valence-electron chi connectivity index (χ2n) is 4.53. The van der Waals surface area contributed by atoms with Crippen molar-refractivity contribution in [3.8, 4) is 0 Å². The fourth-order valence-electron chi connectivity index (χ4n) is 2.41. The van der Waals surface area contributed by atoms with E-state index in [4.69, 9.17) is 11.6 Å². The molecule has 4 N–H and O–H groups in total. The van der Waals surface area contributed by atoms with Gasteiger partial charge in [0.15, 0.2) is 0 Å². The summed E-state index contributed by atoms with van der Waals surface area (Å²) in [6, 6.07) is 5.87. The molecule has 0 aliphatic heterocycles. The van der Waals surface area contributed by atoms with Gasteiger partial charge in [0.05, 0.1) is 10.9 Å². The number of nitrogens with two attached hydrogens (primary N) is 2. The van der Waals surface area contributed by atoms with Gasteiger partial charge in [0, 0.05) is 16.3 Å². The first-order chi connectivity index (χ1) is 7.66. The monoisotopic (exact) mass is 213 g/mol. The van der Waals surface area contributed by atoms with E-state index < -0.39 is 0 Å². The lowest BCUT2D eigenvalue weighted by atomic mass is 10.0. The zero-order chi connectivity index (χ0) is 11.3. The first-order valence-electron chi connectivity index (χ1n) is 5.54. The summed E-state index contributed by atoms with van der Waals surface area (Å²) in [4.78, 5) is 0. The number of anilines is 1. The molecule has 1 aromatic heterocycles. The predicted octanol–water partition coefficient (Wildman–Crippen LogP) is 0.538. The SMILES string of the molecule is CC1C=c2c(n(N)c3ccc(N)cc23)=CC1. The maximum atomic E-state index is 6.08. The van der Waals surface area contributed by atoms with Gasteiger partial charge in [-0.15, -0.1) is 0 Å². The van der Waals surface area contributed by atoms with Gasteiger partial charge in [0.2, 0.25) is 0 Å². The van der Waals surface area contributed by atoms with Crippen LogP contribution in [-0.2, 0) is 0 Å². The number of nitrogens with zero attached hydrogens (tertiary/aromatic N) is 1. The van der Waals surface area contributed by atoms with Crippen LogP contribution in [0.4, 0.5) is 5.69 Å². The minimum Gasteiger partial charge on any atom is -0.399 e. The molecule has 2 aromatic rings. The molecule has 0 radical (unpaired) electrons. The lowest BCUT2D eigenvalue weighted by Gasteiger charge is -2.05. The molecule has 0 amide bonds. The molecule has 1 aromatic carbocycles. The van der Waals surface area contributed by atoms with Gasteiger partial charge in [0.1, 0.15) is 0 Å². The number of hydrogen-bond acceptors (Lipinski definition) is 2. The molecule has 1 heterocycles. The van der Waals surface area contributed by atoms with Crippen LogP contribution in [0, 0.1) is 5.92 Å². The van der Waals surface area contributed by atoms with Gasteiger partial charge in [-0.25, -0.2) is 0 Å². The highest BCUT2D eigenvalue weighted by Gasteiger charge is 2.10. The van der Waals surface area contributed by atoms with Crippen molar-refractivity contribution in [2.45, 2.75) is 13.3 Å². The van der Waals surface area contributed by atoms with Gasteiger partial charge in [-0.05, 0) is 30.5 Å². The minimum absolute atomic E-state index is 0.569. The molecule has 1 aliphatic rings. The van der Waals surface area contributed by atoms with E-state index in [9.17, 15) is 0 Å². The van der Waals surface area contributed by atoms with E-state index in [0.29, 0.717) is 5.92 Å². The molecule has 0 spiro atoms. The Morgan fingerprint density at radius 1 is 1.38 bits per heavy atom. The van der Waals surface area contributed by atoms with E-state index in [0.717, 1.165) is 28.4 Å². The summed E-state index contributed by atoms with van der Waals surface area (Å²) >= 11 is 0. The largest absolute Gasteiger partial charge is 0.399 e. The fraction of sp³-hybridized carbons (Fsp3) is 0.231. The summed E-state index contributed by atoms with van der Waals surface area (Å²) in [7, 11) is 0. The van der Waals surface area contributed by atoms with Crippen molar-refractivity contribution in [2.24, 2.45) is 5.92 Å². The molecule has 3 heteroatoms. The summed E-state index contributed by atoms with van der Waals surface area (Å²) in [6.07, 6.45) is 5.53. The summed E-state index contributed by atoms with van der Waals surface area (Å²) in [6.45, 7) is 2.21. The van der Waals surface area contributed by atoms with Crippen molar-refractivity contribution in [3.63, 3.8) is 0 Å². The third kappa shape index (κ3) is 1.14. The average Bonchev–Trinajstić information content (AvgIpc) is 2.52. The van der Waals surface area contributed by atoms with E-state index in [1.807, 2.05) is 18.2 Å². The van der Waals surface area contributed by atoms with Crippen LogP contribution in [0.25, 0.3) is 23.1 Å². The average molecular weight is 213 g/mol. The molecule has 1 unspecified atom stereocenters. The van der Waals surface area contributed by atoms with E-state index in [1.54, 1.807) is 4.68 Å². The number of aromatic nitrogens is 1. The van der Waals surface area contributed by atoms with E-state index in [2.05, 4.69) is 19.1 Å². The maximum Gasteiger partial charge on any atom is 0.0704 e. The lowest BCUT2D eigenvalue weighted by molar-refractivity contribution is 0.793. The van der Waals surface area contributed by atoms with Crippen molar-refractivity contribution in [3.05, 3.63) is 28.8 Å². The minimum atomic E-state index is 0.569. The van der Waals surface area contributed by atoms with Gasteiger partial charge in [0.25, 0.3) is 0 Å². The van der Waals surface area contributed by atoms with E-state index in [1.165, 1.54) is 5.22 Å². The maximum absolute atomic E-state index is 6.08. The second kappa shape index (κ2) is 3.04. The molecule has 3 rings (SSSR count). The third-order valence-corrected chi connectivity index (χ3v) is 3.24. The molecule has 1 aliphatic carbocycles. The summed E-state index contributed by atoms with van der Waals surface area (Å²) in [5.41, 5.74) is 7.65. The molecule has 3 nitrogen and oxygen atoms in total. The topological polar surface area (TPSA) is 57.0 Å². The van der Waals surface area contributed by atoms with Gasteiger partial charge in [-0.3, -0.25) is 4.68 Å². The first-order valence-corrected chi connectivity index (χ1v) is 5.54. The summed E-state index contributed by atoms with van der Waals surface area (Å²) in [5, 5.41) is 3.49. The molecule has 16 heavy (non-hydrogen) atoms. The smallest absolute Gasteiger partial charge is 0.0704 e. The Labute approximate surface area is 93.6 Å². The van der Waals surface area contributed by atoms with Crippen LogP contribution in [0.5, 0.6) is 0 Å². The van der Waals surface area contributed by atoms with Crippen molar-refractivity contribution in [1.82, 2.24) is 4.68 Å². The standard InChI is InChI=1S/C13H15N3/c1-8-2-4-12-10(6-8)11-7-9(14)3-5-13(11)16(12)15/h3-8H,2,14-15H2,1H3. The van der Waals surface area contributed by atoms with Crippen LogP contribution >= 0.6 is 0 Å². The predicted molar refractivity (Wildman–Crippen MR) is 68.5 cm³/mol. The van der Waals surface area contributed by atoms with Gasteiger partial charge in [-0.2, -0.15) is 0 Å². The van der Waals surface area contributed by atoms with Crippen molar-refractivity contribution < 1.29 is 0 Å². The Morgan fingerprint density at radius 3 is 3.00 bits per heavy atom. The highest BCUT2D eigenvalue weighted by atomic mass is 15.3. The number of rotatable bonds is 0. The molecule has 0 fully saturated rings. The number of fused-ring (bicyclic) bond motifs is 3. The Hall–Kier alpha value is -1.90. The quantitative estimate of drug-likeness (QED) is 0.495. The summed E-state index contributed by atoms with van der Waals surface area (Å²) < 4.78 is 1.76. The zero-order valence-corrected chi connectivity index (χ0v) is 9.27. The lowest BCUT2D eigenvalue weighted by Crippen LogP contribution is -2.35. The van der Waals surface area contributed by atoms with Gasteiger partial charge in [-0.1, -0.05) is 19.1 Å². The Balaban J connectivity index is 2.57. The van der Waals surface area contributed by atoms with Crippen molar-refractivity contribution >= 4 is 28.7 Å². The van der Waals surface area contributed by atoms with Crippen LogP contribution < -0.4 is 22.1 Å². The Morgan fingerprint density at radius 2 is 2.19 bits per heavy atom. The molecule has 1 atom stereocenters. The van der Waals surface area contributed by atoms with Crippen molar-refractivity contribution in [2.75, 3.05) is 11.6 Å². The molecule has 0 saturated carbocycles. The number of hydrogen-bond donors (Lipinski definition) is 2. The van der Waals surface area contributed by atoms with Crippen LogP contribution in [-0.4, -0.2) is 4.68 Å². The normalized spacial score (nSPS) is 18.9. The zero-order valence-electron chi connectivity index (χ0n) is 9.27. The molecule has 82 valence electrons. The fourth-order valence-corrected chi connectivity index (χ4v) is 2.41. The molecular formula is C13H15N3. The molecular weight excluding hydrogens is 198 g/mol. The van der Waals surface area contributed by atoms with Crippen LogP contribution in [0.1, 0.15) is 13.3 Å². The first kappa shape index (κ1) is 9.33. The highest BCUT2D eigenvalue weighted by Crippen LogP contribution is 2.14. The Bertz CT molecular complexity index is 679. The van der Waals surface area contributed by atoms with Crippen LogP contribution in [0.3, 0.4) is 0 Å².